The molecule has 2 aromatic heterocycles. The molecule has 728 valence electrons. The van der Waals surface area contributed by atoms with Gasteiger partial charge in [0.15, 0.2) is 0 Å². The van der Waals surface area contributed by atoms with Crippen LogP contribution >= 0.6 is 0 Å². The smallest absolute Gasteiger partial charge is 0.408 e. The monoisotopic (exact) mass is 1830 g/mol. The lowest BCUT2D eigenvalue weighted by atomic mass is 9.87. The first-order valence-corrected chi connectivity index (χ1v) is 43.8. The Hall–Kier alpha value is -11.2. The molecule has 7 amide bonds. The number of H-pyrrole nitrogens is 2. The van der Waals surface area contributed by atoms with Crippen LogP contribution in [0.1, 0.15) is 261 Å². The van der Waals surface area contributed by atoms with Crippen molar-refractivity contribution in [2.75, 3.05) is 49.2 Å². The molecule has 4 aromatic rings. The Morgan fingerprint density at radius 1 is 0.408 bits per heavy atom. The molecule has 15 N–H and O–H groups in total. The molecular formula is C93H145N11O26. The maximum atomic E-state index is 13.3. The zero-order valence-corrected chi connectivity index (χ0v) is 80.3. The van der Waals surface area contributed by atoms with Gasteiger partial charge < -0.3 is 107 Å². The molecule has 0 unspecified atom stereocenters. The fourth-order valence-electron chi connectivity index (χ4n) is 14.8. The van der Waals surface area contributed by atoms with Crippen LogP contribution in [0.15, 0.2) is 48.5 Å². The van der Waals surface area contributed by atoms with Crippen LogP contribution in [0.4, 0.5) is 9.59 Å². The number of carboxylic acid groups (broad SMARTS) is 2. The zero-order valence-electron chi connectivity index (χ0n) is 80.3. The molecule has 4 aliphatic rings. The van der Waals surface area contributed by atoms with E-state index in [9.17, 15) is 76.7 Å². The summed E-state index contributed by atoms with van der Waals surface area (Å²) >= 11 is 0. The van der Waals surface area contributed by atoms with Gasteiger partial charge in [0.2, 0.25) is 23.6 Å². The number of carbonyl (C=O) groups excluding carboxylic acids is 14. The van der Waals surface area contributed by atoms with Crippen molar-refractivity contribution in [1.29, 1.82) is 0 Å². The van der Waals surface area contributed by atoms with Gasteiger partial charge in [-0.3, -0.25) is 43.2 Å². The van der Waals surface area contributed by atoms with E-state index in [2.05, 4.69) is 51.9 Å². The Labute approximate surface area is 762 Å². The summed E-state index contributed by atoms with van der Waals surface area (Å²) in [6.45, 7) is 34.5. The second kappa shape index (κ2) is 51.4. The van der Waals surface area contributed by atoms with E-state index in [1.165, 1.54) is 28.4 Å². The van der Waals surface area contributed by atoms with E-state index in [-0.39, 0.29) is 98.7 Å². The normalized spacial score (nSPS) is 18.0. The molecule has 8 rings (SSSR count). The molecule has 4 fully saturated rings. The molecule has 1 saturated heterocycles. The van der Waals surface area contributed by atoms with Crippen LogP contribution in [-0.2, 0) is 86.0 Å². The lowest BCUT2D eigenvalue weighted by Gasteiger charge is -2.29. The van der Waals surface area contributed by atoms with Gasteiger partial charge in [-0.1, -0.05) is 95.2 Å². The average Bonchev–Trinajstić information content (AvgIpc) is 1.64. The largest absolute Gasteiger partial charge is 0.496 e. The number of ether oxygens (including phenoxy) is 8. The summed E-state index contributed by atoms with van der Waals surface area (Å²) in [6.07, 6.45) is 8.04. The van der Waals surface area contributed by atoms with Crippen molar-refractivity contribution >= 4 is 117 Å². The summed E-state index contributed by atoms with van der Waals surface area (Å²) in [5, 5.41) is 37.8. The van der Waals surface area contributed by atoms with E-state index in [0.717, 1.165) is 53.9 Å². The number of ketones is 3. The Balaban J connectivity index is 0.000000417. The Morgan fingerprint density at radius 3 is 1.07 bits per heavy atom. The number of Topliss-reactive ketones (excluding diaryl/α,β-unsaturated/α-hetero) is 3. The third-order valence-corrected chi connectivity index (χ3v) is 20.9. The van der Waals surface area contributed by atoms with Crippen molar-refractivity contribution in [1.82, 2.24) is 47.2 Å². The molecule has 130 heavy (non-hydrogen) atoms. The van der Waals surface area contributed by atoms with E-state index < -0.39 is 125 Å². The van der Waals surface area contributed by atoms with Gasteiger partial charge in [0, 0.05) is 71.3 Å². The van der Waals surface area contributed by atoms with Crippen molar-refractivity contribution < 1.29 is 125 Å². The maximum Gasteiger partial charge on any atom is 0.408 e. The van der Waals surface area contributed by atoms with E-state index in [1.54, 1.807) is 80.0 Å². The fourth-order valence-corrected chi connectivity index (χ4v) is 14.8. The van der Waals surface area contributed by atoms with Crippen LogP contribution in [0.3, 0.4) is 0 Å². The van der Waals surface area contributed by atoms with Crippen molar-refractivity contribution in [3.8, 4) is 11.5 Å². The minimum absolute atomic E-state index is 0.0145. The van der Waals surface area contributed by atoms with Crippen molar-refractivity contribution in [2.24, 2.45) is 56.8 Å². The number of amides is 7. The number of benzene rings is 2. The number of carbonyl (C=O) groups is 16. The van der Waals surface area contributed by atoms with Crippen LogP contribution in [-0.4, -0.2) is 224 Å². The second-order valence-corrected chi connectivity index (χ2v) is 39.7. The number of fused-ring (bicyclic) bond motifs is 2. The number of nitrogens with two attached hydrogens (primary N) is 2. The number of aliphatic carboxylic acids is 1. The van der Waals surface area contributed by atoms with Gasteiger partial charge in [-0.2, -0.15) is 0 Å². The topological polar surface area (TPSA) is 555 Å². The molecule has 37 heteroatoms. The summed E-state index contributed by atoms with van der Waals surface area (Å²) in [4.78, 5) is 197. The quantitative estimate of drug-likeness (QED) is 0.0170. The summed E-state index contributed by atoms with van der Waals surface area (Å²) in [6, 6.07) is 7.30. The highest BCUT2D eigenvalue weighted by Crippen LogP contribution is 2.33. The van der Waals surface area contributed by atoms with Crippen LogP contribution in [0.2, 0.25) is 0 Å². The van der Waals surface area contributed by atoms with E-state index in [0.29, 0.717) is 88.7 Å². The van der Waals surface area contributed by atoms with E-state index in [1.807, 2.05) is 107 Å². The lowest BCUT2D eigenvalue weighted by Crippen LogP contribution is -2.54. The highest BCUT2D eigenvalue weighted by molar-refractivity contribution is 6.02. The molecule has 0 radical (unpaired) electrons. The van der Waals surface area contributed by atoms with Crippen LogP contribution in [0, 0.1) is 45.3 Å². The zero-order chi connectivity index (χ0) is 98.9. The minimum Gasteiger partial charge on any atom is -0.496 e. The molecule has 0 bridgehead atoms. The van der Waals surface area contributed by atoms with E-state index >= 15 is 0 Å². The second-order valence-electron chi connectivity index (χ2n) is 39.7. The van der Waals surface area contributed by atoms with Crippen molar-refractivity contribution in [2.45, 2.75) is 300 Å². The van der Waals surface area contributed by atoms with Gasteiger partial charge in [-0.05, 0) is 196 Å². The number of rotatable bonds is 30. The number of esters is 4. The average molecular weight is 1830 g/mol. The molecule has 1 aliphatic heterocycles. The molecule has 37 nitrogen and oxygen atoms in total. The maximum absolute atomic E-state index is 13.3. The highest BCUT2D eigenvalue weighted by atomic mass is 16.6. The van der Waals surface area contributed by atoms with Gasteiger partial charge in [0.25, 0.3) is 5.91 Å². The molecule has 0 spiro atoms. The number of aromatic carboxylic acids is 1. The number of carboxylic acids is 2. The van der Waals surface area contributed by atoms with Gasteiger partial charge >= 0.3 is 48.0 Å². The number of hydrogen-bond acceptors (Lipinski definition) is 26. The predicted octanol–water partition coefficient (Wildman–Crippen LogP) is 10.3. The van der Waals surface area contributed by atoms with Crippen molar-refractivity contribution in [3.05, 3.63) is 59.9 Å². The van der Waals surface area contributed by atoms with Crippen LogP contribution < -0.4 is 58.2 Å². The van der Waals surface area contributed by atoms with Gasteiger partial charge in [-0.15, -0.1) is 0 Å². The number of alkyl carbamates (subject to hydrolysis) is 2. The number of nitrogens with one attached hydrogen (secondary N) is 9. The van der Waals surface area contributed by atoms with Gasteiger partial charge in [0.1, 0.15) is 93.7 Å². The number of aromatic amines is 2. The Bertz CT molecular complexity index is 4510. The van der Waals surface area contributed by atoms with Gasteiger partial charge in [-0.25, -0.2) is 33.6 Å². The van der Waals surface area contributed by atoms with E-state index in [4.69, 9.17) is 54.8 Å². The van der Waals surface area contributed by atoms with Crippen LogP contribution in [0.5, 0.6) is 11.5 Å². The Kier molecular flexibility index (Phi) is 44.6. The summed E-state index contributed by atoms with van der Waals surface area (Å²) in [7, 11) is 8.16. The molecule has 3 aliphatic carbocycles. The number of aromatic nitrogens is 2. The molecule has 3 saturated carbocycles. The first-order valence-electron chi connectivity index (χ1n) is 43.8. The lowest BCUT2D eigenvalue weighted by molar-refractivity contribution is -0.146. The summed E-state index contributed by atoms with van der Waals surface area (Å²) in [5.41, 5.74) is 11.2. The fraction of sp³-hybridized carbons (Fsp3) is 0.656. The first kappa shape index (κ1) is 113. The highest BCUT2D eigenvalue weighted by Gasteiger charge is 2.40. The third kappa shape index (κ3) is 41.2. The molecule has 12 atom stereocenters. The first-order chi connectivity index (χ1) is 60.1. The van der Waals surface area contributed by atoms with Gasteiger partial charge in [0.05, 0.1) is 48.7 Å². The molecule has 3 heterocycles. The van der Waals surface area contributed by atoms with Crippen LogP contribution in [0.25, 0.3) is 21.8 Å². The standard InChI is InChI=1S/C26H35N3O6.C21H36N2O6.C16H28N2O4.C12H23NO4.C10H9NO3.C8H14N2O3/c1-26(2,3)14-20(24(32)28-19(25(33)35-5)12-15-8-6-10-21(15)30)29-23(31)18-13-16-17(27-18)9-7-11-22(16)34-4;1-20(2,3)12-15(23-19(27)29-21(4,5)6)17(25)22-14(18(26)28-7)11-13-9-8-10-16(13)24;1-16(2,3)9-11(17)14(20)18-12(15(21)22-4)8-10-6-5-7-13(10)19;1-11(2,3)7-8(9(14)15)13-10(16)17-12(4,5)6;1-14-9-4-2-3-7-6(9)5-8(11-7)10(12)13;1-13-8(12)6(9)4-5-2-3-10-7(5)11/h7,9,11,13,15,19-20,27H,6,8,10,12,14H2,1-5H3,(H,28,32)(H,29,31);13-15H,8-12H2,1-7H3,(H,22,25)(H,23,27);10-12H,5-9,17H2,1-4H3,(H,18,20);8H,7H2,1-6H3,(H,13,16)(H,14,15);2-5,11H,1H3,(H,12,13);5-6H,2-4,9H2,1H3,(H,10,11)/t15-,19-,20-;13-,14-,15-;10-,11-,12-;8-;;5-,6-/m0000.0/s1. The number of hydrogen-bond donors (Lipinski definition) is 13. The number of methoxy groups -OCH3 is 6. The SMILES string of the molecule is CC(C)(C)C[C@H](NC(=O)OC(C)(C)C)C(=O)O.COC(=O)[C@@H](N)C[C@@H]1CCNC1=O.COC(=O)[C@H](C[C@@H]1CCCC1=O)NC(=O)[C@@H](N)CC(C)(C)C.COC(=O)[C@H](C[C@@H]1CCCC1=O)NC(=O)[C@H](CC(C)(C)C)NC(=O)OC(C)(C)C.COC(=O)[C@H](C[C@@H]1CCCC1=O)NC(=O)[C@H](CC(C)(C)C)NC(=O)c1cc2c(OC)cccc2[nH]1.COc1cccc2[nH]c(C(=O)O)cc12. The molecular weight excluding hydrogens is 1690 g/mol. The predicted molar refractivity (Wildman–Crippen MR) is 485 cm³/mol. The molecule has 2 aromatic carbocycles. The Morgan fingerprint density at radius 2 is 0.754 bits per heavy atom. The van der Waals surface area contributed by atoms with Crippen molar-refractivity contribution in [3.63, 3.8) is 0 Å². The third-order valence-electron chi connectivity index (χ3n) is 20.9. The summed E-state index contributed by atoms with van der Waals surface area (Å²) < 4.78 is 39.6. The minimum atomic E-state index is -1.05. The summed E-state index contributed by atoms with van der Waals surface area (Å²) in [5.74, 6) is -5.27.